The molecule has 0 bridgehead atoms. The summed E-state index contributed by atoms with van der Waals surface area (Å²) >= 11 is 0. The Bertz CT molecular complexity index is 483. The first-order chi connectivity index (χ1) is 9.25. The molecule has 0 fully saturated rings. The Morgan fingerprint density at radius 3 is 2.25 bits per heavy atom. The van der Waals surface area contributed by atoms with Crippen LogP contribution in [0, 0.1) is 0 Å². The maximum absolute atomic E-state index is 12.4. The minimum Gasteiger partial charge on any atom is -0.480 e. The zero-order valence-corrected chi connectivity index (χ0v) is 11.6. The quantitative estimate of drug-likeness (QED) is 0.878. The van der Waals surface area contributed by atoms with E-state index in [1.54, 1.807) is 6.92 Å². The van der Waals surface area contributed by atoms with E-state index >= 15 is 0 Å². The smallest absolute Gasteiger partial charge is 0.416 e. The van der Waals surface area contributed by atoms with Crippen LogP contribution in [0.15, 0.2) is 24.3 Å². The van der Waals surface area contributed by atoms with Crippen molar-refractivity contribution < 1.29 is 27.3 Å². The first-order valence-electron chi connectivity index (χ1n) is 6.01. The van der Waals surface area contributed by atoms with Crippen LogP contribution in [-0.4, -0.2) is 20.5 Å². The fraction of sp³-hybridized carbons (Fsp3) is 0.462. The summed E-state index contributed by atoms with van der Waals surface area (Å²) in [6.07, 6.45) is -3.55. The van der Waals surface area contributed by atoms with Crippen LogP contribution in [0.1, 0.15) is 30.9 Å². The minimum atomic E-state index is -4.41. The summed E-state index contributed by atoms with van der Waals surface area (Å²) in [4.78, 5) is 11.0. The van der Waals surface area contributed by atoms with Gasteiger partial charge in [0.05, 0.1) is 5.56 Å². The van der Waals surface area contributed by atoms with Crippen molar-refractivity contribution in [2.45, 2.75) is 36.9 Å². The first-order valence-corrected chi connectivity index (χ1v) is 7.40. The second-order valence-corrected chi connectivity index (χ2v) is 5.95. The summed E-state index contributed by atoms with van der Waals surface area (Å²) in [6.45, 7) is 1.78. The average molecular weight is 308 g/mol. The van der Waals surface area contributed by atoms with Crippen molar-refractivity contribution in [2.24, 2.45) is 0 Å². The molecule has 3 nitrogen and oxygen atoms in total. The van der Waals surface area contributed by atoms with E-state index in [0.717, 1.165) is 12.1 Å². The van der Waals surface area contributed by atoms with Gasteiger partial charge in [-0.25, -0.2) is 0 Å². The zero-order valence-electron chi connectivity index (χ0n) is 10.8. The van der Waals surface area contributed by atoms with Crippen LogP contribution in [0.3, 0.4) is 0 Å². The SMILES string of the molecule is CCC[C@@H](C(=O)O)[S@@](=O)Cc1ccc(C(F)(F)F)cc1. The van der Waals surface area contributed by atoms with Gasteiger partial charge in [0.2, 0.25) is 0 Å². The highest BCUT2D eigenvalue weighted by molar-refractivity contribution is 7.85. The fourth-order valence-electron chi connectivity index (χ4n) is 1.68. The van der Waals surface area contributed by atoms with Gasteiger partial charge in [-0.05, 0) is 24.1 Å². The Morgan fingerprint density at radius 1 is 1.30 bits per heavy atom. The van der Waals surface area contributed by atoms with Crippen LogP contribution >= 0.6 is 0 Å². The van der Waals surface area contributed by atoms with Crippen molar-refractivity contribution in [2.75, 3.05) is 0 Å². The standard InChI is InChI=1S/C13H15F3O3S/c1-2-3-11(12(17)18)20(19)8-9-4-6-10(7-5-9)13(14,15)16/h4-7,11H,2-3,8H2,1H3,(H,17,18)/t11-,20-/m0/s1. The molecule has 0 radical (unpaired) electrons. The zero-order chi connectivity index (χ0) is 15.3. The van der Waals surface area contributed by atoms with Crippen molar-refractivity contribution in [1.29, 1.82) is 0 Å². The van der Waals surface area contributed by atoms with E-state index in [1.807, 2.05) is 0 Å². The summed E-state index contributed by atoms with van der Waals surface area (Å²) in [7, 11) is -1.65. The normalized spacial score (nSPS) is 14.8. The van der Waals surface area contributed by atoms with Crippen LogP contribution in [0.25, 0.3) is 0 Å². The molecule has 112 valence electrons. The third-order valence-electron chi connectivity index (χ3n) is 2.73. The van der Waals surface area contributed by atoms with Crippen LogP contribution in [0.5, 0.6) is 0 Å². The molecule has 0 spiro atoms. The Morgan fingerprint density at radius 2 is 1.85 bits per heavy atom. The molecule has 1 aromatic rings. The van der Waals surface area contributed by atoms with Crippen molar-refractivity contribution in [3.05, 3.63) is 35.4 Å². The lowest BCUT2D eigenvalue weighted by Gasteiger charge is -2.12. The summed E-state index contributed by atoms with van der Waals surface area (Å²) in [5.74, 6) is -1.20. The van der Waals surface area contributed by atoms with Crippen molar-refractivity contribution in [3.63, 3.8) is 0 Å². The van der Waals surface area contributed by atoms with Crippen molar-refractivity contribution in [1.82, 2.24) is 0 Å². The van der Waals surface area contributed by atoms with E-state index in [2.05, 4.69) is 0 Å². The number of hydrogen-bond acceptors (Lipinski definition) is 2. The molecule has 0 amide bonds. The average Bonchev–Trinajstić information content (AvgIpc) is 2.34. The van der Waals surface area contributed by atoms with Crippen LogP contribution in [0.2, 0.25) is 0 Å². The molecule has 0 aliphatic carbocycles. The number of halogens is 3. The predicted molar refractivity (Wildman–Crippen MR) is 69.6 cm³/mol. The van der Waals surface area contributed by atoms with Gasteiger partial charge in [-0.3, -0.25) is 9.00 Å². The number of alkyl halides is 3. The molecule has 1 N–H and O–H groups in total. The first kappa shape index (κ1) is 16.7. The number of hydrogen-bond donors (Lipinski definition) is 1. The second-order valence-electron chi connectivity index (χ2n) is 4.34. The van der Waals surface area contributed by atoms with Gasteiger partial charge in [0.1, 0.15) is 5.25 Å². The van der Waals surface area contributed by atoms with Gasteiger partial charge in [0.15, 0.2) is 0 Å². The molecule has 0 unspecified atom stereocenters. The highest BCUT2D eigenvalue weighted by Gasteiger charge is 2.30. The van der Waals surface area contributed by atoms with Gasteiger partial charge in [0, 0.05) is 16.6 Å². The van der Waals surface area contributed by atoms with E-state index in [-0.39, 0.29) is 12.2 Å². The number of benzene rings is 1. The molecule has 1 aromatic carbocycles. The van der Waals surface area contributed by atoms with E-state index in [1.165, 1.54) is 12.1 Å². The van der Waals surface area contributed by atoms with Crippen molar-refractivity contribution in [3.8, 4) is 0 Å². The van der Waals surface area contributed by atoms with E-state index in [4.69, 9.17) is 5.11 Å². The molecular weight excluding hydrogens is 293 g/mol. The summed E-state index contributed by atoms with van der Waals surface area (Å²) in [5.41, 5.74) is -0.353. The Balaban J connectivity index is 2.78. The largest absolute Gasteiger partial charge is 0.480 e. The molecule has 0 aliphatic rings. The van der Waals surface area contributed by atoms with Gasteiger partial charge < -0.3 is 5.11 Å². The van der Waals surface area contributed by atoms with Crippen LogP contribution < -0.4 is 0 Å². The number of carbonyl (C=O) groups is 1. The van der Waals surface area contributed by atoms with Gasteiger partial charge in [-0.1, -0.05) is 25.5 Å². The molecule has 0 aromatic heterocycles. The lowest BCUT2D eigenvalue weighted by atomic mass is 10.1. The van der Waals surface area contributed by atoms with Crippen LogP contribution in [0.4, 0.5) is 13.2 Å². The molecule has 2 atom stereocenters. The van der Waals surface area contributed by atoms with Gasteiger partial charge in [-0.15, -0.1) is 0 Å². The van der Waals surface area contributed by atoms with E-state index in [0.29, 0.717) is 12.0 Å². The highest BCUT2D eigenvalue weighted by atomic mass is 32.2. The third-order valence-corrected chi connectivity index (χ3v) is 4.42. The predicted octanol–water partition coefficient (Wildman–Crippen LogP) is 3.21. The molecule has 1 rings (SSSR count). The second kappa shape index (κ2) is 6.88. The van der Waals surface area contributed by atoms with Crippen LogP contribution in [-0.2, 0) is 27.5 Å². The highest BCUT2D eigenvalue weighted by Crippen LogP contribution is 2.29. The monoisotopic (exact) mass is 308 g/mol. The van der Waals surface area contributed by atoms with Gasteiger partial charge in [0.25, 0.3) is 0 Å². The molecule has 7 heteroatoms. The minimum absolute atomic E-state index is 0.0604. The topological polar surface area (TPSA) is 54.4 Å². The van der Waals surface area contributed by atoms with Crippen molar-refractivity contribution >= 4 is 16.8 Å². The summed E-state index contributed by atoms with van der Waals surface area (Å²) in [5, 5.41) is 7.98. The van der Waals surface area contributed by atoms with E-state index < -0.39 is 33.8 Å². The Hall–Kier alpha value is -1.37. The number of aliphatic carboxylic acids is 1. The molecule has 0 saturated carbocycles. The maximum atomic E-state index is 12.4. The maximum Gasteiger partial charge on any atom is 0.416 e. The molecule has 0 heterocycles. The fourth-order valence-corrected chi connectivity index (χ4v) is 3.13. The lowest BCUT2D eigenvalue weighted by molar-refractivity contribution is -0.138. The lowest BCUT2D eigenvalue weighted by Crippen LogP contribution is -2.26. The number of carboxylic acids is 1. The molecule has 0 saturated heterocycles. The molecule has 20 heavy (non-hydrogen) atoms. The Labute approximate surface area is 117 Å². The molecule has 0 aliphatic heterocycles. The number of rotatable bonds is 6. The summed E-state index contributed by atoms with van der Waals surface area (Å²) in [6, 6.07) is 4.27. The Kier molecular flexibility index (Phi) is 5.74. The number of carboxylic acid groups (broad SMARTS) is 1. The summed E-state index contributed by atoms with van der Waals surface area (Å²) < 4.78 is 49.1. The third kappa shape index (κ3) is 4.63. The van der Waals surface area contributed by atoms with E-state index in [9.17, 15) is 22.2 Å². The molecular formula is C13H15F3O3S. The van der Waals surface area contributed by atoms with Gasteiger partial charge in [-0.2, -0.15) is 13.2 Å². The van der Waals surface area contributed by atoms with Gasteiger partial charge >= 0.3 is 12.1 Å².